The highest BCUT2D eigenvalue weighted by Gasteiger charge is 2.39. The number of fused-ring (bicyclic) bond motifs is 2. The van der Waals surface area contributed by atoms with Crippen molar-refractivity contribution in [2.45, 2.75) is 64.1 Å². The average Bonchev–Trinajstić information content (AvgIpc) is 2.66. The first-order valence-corrected chi connectivity index (χ1v) is 8.48. The van der Waals surface area contributed by atoms with Crippen LogP contribution in [-0.4, -0.2) is 77.9 Å². The van der Waals surface area contributed by atoms with Crippen LogP contribution in [0.3, 0.4) is 0 Å². The summed E-state index contributed by atoms with van der Waals surface area (Å²) in [5.41, 5.74) is 0. The second-order valence-electron chi connectivity index (χ2n) is 6.68. The second-order valence-corrected chi connectivity index (χ2v) is 6.68. The third-order valence-corrected chi connectivity index (χ3v) is 5.03. The molecule has 2 unspecified atom stereocenters. The maximum absolute atomic E-state index is 9.85. The molecular weight excluding hydrogens is 250 g/mol. The standard InChI is InChI=1S/C16H33N3O/c1-4-8-18(5-2)13-17(3)9-10-19-14-6-7-15(19)12-16(20)11-14/h14-16,20H,4-13H2,1-3H3. The Labute approximate surface area is 124 Å². The van der Waals surface area contributed by atoms with Crippen LogP contribution in [0.5, 0.6) is 0 Å². The van der Waals surface area contributed by atoms with E-state index in [1.807, 2.05) is 0 Å². The average molecular weight is 283 g/mol. The Morgan fingerprint density at radius 2 is 1.75 bits per heavy atom. The van der Waals surface area contributed by atoms with Crippen LogP contribution >= 0.6 is 0 Å². The molecule has 2 aliphatic heterocycles. The van der Waals surface area contributed by atoms with Crippen molar-refractivity contribution in [3.05, 3.63) is 0 Å². The highest BCUT2D eigenvalue weighted by atomic mass is 16.3. The molecule has 2 heterocycles. The molecule has 2 aliphatic rings. The minimum Gasteiger partial charge on any atom is -0.393 e. The van der Waals surface area contributed by atoms with E-state index in [4.69, 9.17) is 0 Å². The number of nitrogens with zero attached hydrogens (tertiary/aromatic N) is 3. The fourth-order valence-electron chi connectivity index (χ4n) is 3.95. The predicted octanol–water partition coefficient (Wildman–Crippen LogP) is 1.60. The fraction of sp³-hybridized carbons (Fsp3) is 1.00. The predicted molar refractivity (Wildman–Crippen MR) is 83.8 cm³/mol. The number of hydrogen-bond acceptors (Lipinski definition) is 4. The smallest absolute Gasteiger partial charge is 0.0570 e. The first-order chi connectivity index (χ1) is 9.63. The first kappa shape index (κ1) is 16.2. The summed E-state index contributed by atoms with van der Waals surface area (Å²) in [5, 5.41) is 9.85. The summed E-state index contributed by atoms with van der Waals surface area (Å²) in [6.45, 7) is 10.2. The van der Waals surface area contributed by atoms with Gasteiger partial charge in [0.1, 0.15) is 0 Å². The van der Waals surface area contributed by atoms with Crippen molar-refractivity contribution in [2.24, 2.45) is 0 Å². The lowest BCUT2D eigenvalue weighted by Crippen LogP contribution is -2.48. The maximum atomic E-state index is 9.85. The maximum Gasteiger partial charge on any atom is 0.0570 e. The van der Waals surface area contributed by atoms with E-state index in [2.05, 4.69) is 35.6 Å². The van der Waals surface area contributed by atoms with Gasteiger partial charge in [-0.3, -0.25) is 14.7 Å². The number of aliphatic hydroxyl groups excluding tert-OH is 1. The van der Waals surface area contributed by atoms with Crippen molar-refractivity contribution in [1.82, 2.24) is 14.7 Å². The molecule has 0 radical (unpaired) electrons. The molecule has 4 nitrogen and oxygen atoms in total. The second kappa shape index (κ2) is 7.74. The van der Waals surface area contributed by atoms with Crippen LogP contribution < -0.4 is 0 Å². The molecule has 20 heavy (non-hydrogen) atoms. The van der Waals surface area contributed by atoms with Gasteiger partial charge in [-0.1, -0.05) is 13.8 Å². The van der Waals surface area contributed by atoms with Gasteiger partial charge in [0.25, 0.3) is 0 Å². The molecule has 2 bridgehead atoms. The Hall–Kier alpha value is -0.160. The van der Waals surface area contributed by atoms with E-state index in [0.717, 1.165) is 32.6 Å². The lowest BCUT2D eigenvalue weighted by Gasteiger charge is -2.38. The topological polar surface area (TPSA) is 30.0 Å². The number of piperidine rings is 1. The molecule has 0 saturated carbocycles. The Kier molecular flexibility index (Phi) is 6.27. The third kappa shape index (κ3) is 4.17. The summed E-state index contributed by atoms with van der Waals surface area (Å²) in [5.74, 6) is 0. The van der Waals surface area contributed by atoms with Crippen LogP contribution in [0.2, 0.25) is 0 Å². The van der Waals surface area contributed by atoms with Crippen LogP contribution in [0.1, 0.15) is 46.0 Å². The molecule has 2 fully saturated rings. The van der Waals surface area contributed by atoms with E-state index in [0.29, 0.717) is 12.1 Å². The number of aliphatic hydroxyl groups is 1. The molecule has 0 amide bonds. The zero-order valence-electron chi connectivity index (χ0n) is 13.6. The van der Waals surface area contributed by atoms with Gasteiger partial charge in [-0.15, -0.1) is 0 Å². The van der Waals surface area contributed by atoms with Crippen molar-refractivity contribution in [3.63, 3.8) is 0 Å². The molecule has 118 valence electrons. The lowest BCUT2D eigenvalue weighted by atomic mass is 10.00. The van der Waals surface area contributed by atoms with E-state index in [1.54, 1.807) is 0 Å². The highest BCUT2D eigenvalue weighted by Crippen LogP contribution is 2.35. The van der Waals surface area contributed by atoms with Gasteiger partial charge in [0.2, 0.25) is 0 Å². The molecule has 0 spiro atoms. The van der Waals surface area contributed by atoms with Gasteiger partial charge in [0.15, 0.2) is 0 Å². The third-order valence-electron chi connectivity index (χ3n) is 5.03. The van der Waals surface area contributed by atoms with Gasteiger partial charge >= 0.3 is 0 Å². The van der Waals surface area contributed by atoms with Gasteiger partial charge in [-0.2, -0.15) is 0 Å². The lowest BCUT2D eigenvalue weighted by molar-refractivity contribution is 0.0284. The summed E-state index contributed by atoms with van der Waals surface area (Å²) < 4.78 is 0. The molecule has 2 saturated heterocycles. The van der Waals surface area contributed by atoms with E-state index < -0.39 is 0 Å². The highest BCUT2D eigenvalue weighted by molar-refractivity contribution is 4.95. The molecule has 0 aromatic rings. The molecule has 2 atom stereocenters. The number of rotatable bonds is 8. The Morgan fingerprint density at radius 3 is 2.30 bits per heavy atom. The van der Waals surface area contributed by atoms with E-state index in [1.165, 1.54) is 32.4 Å². The zero-order valence-corrected chi connectivity index (χ0v) is 13.6. The molecule has 4 heteroatoms. The van der Waals surface area contributed by atoms with Crippen LogP contribution in [0.25, 0.3) is 0 Å². The minimum absolute atomic E-state index is 0.0402. The van der Waals surface area contributed by atoms with Crippen molar-refractivity contribution in [1.29, 1.82) is 0 Å². The van der Waals surface area contributed by atoms with E-state index in [-0.39, 0.29) is 6.10 Å². The zero-order chi connectivity index (χ0) is 14.5. The van der Waals surface area contributed by atoms with Crippen molar-refractivity contribution in [3.8, 4) is 0 Å². The van der Waals surface area contributed by atoms with Gasteiger partial charge in [0, 0.05) is 25.2 Å². The summed E-state index contributed by atoms with van der Waals surface area (Å²) in [6.07, 6.45) is 5.77. The normalized spacial score (nSPS) is 30.6. The monoisotopic (exact) mass is 283 g/mol. The van der Waals surface area contributed by atoms with E-state index in [9.17, 15) is 5.11 Å². The van der Waals surface area contributed by atoms with Gasteiger partial charge in [-0.05, 0) is 52.2 Å². The largest absolute Gasteiger partial charge is 0.393 e. The summed E-state index contributed by atoms with van der Waals surface area (Å²) in [6, 6.07) is 1.30. The van der Waals surface area contributed by atoms with Crippen LogP contribution in [0.15, 0.2) is 0 Å². The molecule has 0 aromatic carbocycles. The quantitative estimate of drug-likeness (QED) is 0.685. The molecule has 0 aromatic heterocycles. The SMILES string of the molecule is CCCN(CC)CN(C)CCN1C2CCC1CC(O)C2. The van der Waals surface area contributed by atoms with Gasteiger partial charge in [0.05, 0.1) is 12.8 Å². The molecular formula is C16H33N3O. The van der Waals surface area contributed by atoms with Crippen LogP contribution in [-0.2, 0) is 0 Å². The van der Waals surface area contributed by atoms with Gasteiger partial charge < -0.3 is 5.11 Å². The van der Waals surface area contributed by atoms with Crippen LogP contribution in [0.4, 0.5) is 0 Å². The van der Waals surface area contributed by atoms with Crippen LogP contribution in [0, 0.1) is 0 Å². The van der Waals surface area contributed by atoms with Crippen molar-refractivity contribution < 1.29 is 5.11 Å². The summed E-state index contributed by atoms with van der Waals surface area (Å²) in [4.78, 5) is 7.62. The number of hydrogen-bond donors (Lipinski definition) is 1. The van der Waals surface area contributed by atoms with E-state index >= 15 is 0 Å². The Balaban J connectivity index is 1.72. The molecule has 0 aliphatic carbocycles. The summed E-state index contributed by atoms with van der Waals surface area (Å²) in [7, 11) is 2.24. The number of likely N-dealkylation sites (N-methyl/N-ethyl adjacent to an activating group) is 1. The first-order valence-electron chi connectivity index (χ1n) is 8.48. The fourth-order valence-corrected chi connectivity index (χ4v) is 3.95. The Morgan fingerprint density at radius 1 is 1.10 bits per heavy atom. The van der Waals surface area contributed by atoms with Crippen molar-refractivity contribution >= 4 is 0 Å². The minimum atomic E-state index is -0.0402. The van der Waals surface area contributed by atoms with Gasteiger partial charge in [-0.25, -0.2) is 0 Å². The molecule has 1 N–H and O–H groups in total. The van der Waals surface area contributed by atoms with Crippen molar-refractivity contribution in [2.75, 3.05) is 39.9 Å². The summed E-state index contributed by atoms with van der Waals surface area (Å²) >= 11 is 0. The Bertz CT molecular complexity index is 273. The molecule has 2 rings (SSSR count).